The molecule has 122 valence electrons. The highest BCUT2D eigenvalue weighted by Crippen LogP contribution is 2.29. The molecule has 2 heterocycles. The number of likely N-dealkylation sites (tertiary alicyclic amines) is 1. The fraction of sp³-hybridized carbons (Fsp3) is 0.300. The maximum Gasteiger partial charge on any atom is 0.253 e. The number of carbonyl (C=O) groups excluding carboxylic acids is 1. The van der Waals surface area contributed by atoms with Gasteiger partial charge in [0.05, 0.1) is 11.0 Å². The molecule has 0 spiro atoms. The van der Waals surface area contributed by atoms with Crippen LogP contribution < -0.4 is 0 Å². The van der Waals surface area contributed by atoms with Crippen LogP contribution in [0.25, 0.3) is 11.0 Å². The molecule has 0 aliphatic carbocycles. The molecule has 1 aliphatic heterocycles. The first kappa shape index (κ1) is 14.9. The molecule has 1 aromatic heterocycles. The van der Waals surface area contributed by atoms with Gasteiger partial charge < -0.3 is 9.47 Å². The van der Waals surface area contributed by atoms with Gasteiger partial charge in [-0.2, -0.15) is 0 Å². The molecule has 3 aromatic rings. The van der Waals surface area contributed by atoms with Gasteiger partial charge in [0.15, 0.2) is 0 Å². The third-order valence-corrected chi connectivity index (χ3v) is 4.92. The quantitative estimate of drug-likeness (QED) is 0.724. The lowest BCUT2D eigenvalue weighted by atomic mass is 9.96. The van der Waals surface area contributed by atoms with Crippen molar-refractivity contribution in [2.24, 2.45) is 7.05 Å². The second-order valence-electron chi connectivity index (χ2n) is 6.47. The van der Waals surface area contributed by atoms with E-state index in [0.717, 1.165) is 48.4 Å². The average molecular weight is 319 g/mol. The van der Waals surface area contributed by atoms with Gasteiger partial charge in [-0.05, 0) is 37.1 Å². The standard InChI is InChI=1S/C20H21N3O/c1-22-18-12-6-5-11-17(18)21-19(22)16-10-7-13-23(14-16)20(24)15-8-3-2-4-9-15/h2-6,8-9,11-12,16H,7,10,13-14H2,1H3. The van der Waals surface area contributed by atoms with Crippen molar-refractivity contribution in [3.8, 4) is 0 Å². The number of hydrogen-bond acceptors (Lipinski definition) is 2. The van der Waals surface area contributed by atoms with E-state index < -0.39 is 0 Å². The highest BCUT2D eigenvalue weighted by molar-refractivity contribution is 5.94. The summed E-state index contributed by atoms with van der Waals surface area (Å²) in [6.45, 7) is 1.57. The van der Waals surface area contributed by atoms with Crippen LogP contribution in [-0.4, -0.2) is 33.4 Å². The zero-order valence-corrected chi connectivity index (χ0v) is 13.9. The SMILES string of the molecule is Cn1c(C2CCCN(C(=O)c3ccccc3)C2)nc2ccccc21. The zero-order valence-electron chi connectivity index (χ0n) is 13.9. The number of para-hydroxylation sites is 2. The van der Waals surface area contributed by atoms with E-state index in [9.17, 15) is 4.79 Å². The molecule has 1 fully saturated rings. The highest BCUT2D eigenvalue weighted by atomic mass is 16.2. The first-order valence-electron chi connectivity index (χ1n) is 8.50. The minimum absolute atomic E-state index is 0.124. The fourth-order valence-corrected chi connectivity index (χ4v) is 3.66. The molecule has 0 bridgehead atoms. The Hall–Kier alpha value is -2.62. The highest BCUT2D eigenvalue weighted by Gasteiger charge is 2.28. The summed E-state index contributed by atoms with van der Waals surface area (Å²) in [4.78, 5) is 19.5. The number of carbonyl (C=O) groups is 1. The number of imidazole rings is 1. The third-order valence-electron chi connectivity index (χ3n) is 4.92. The first-order valence-corrected chi connectivity index (χ1v) is 8.50. The molecule has 24 heavy (non-hydrogen) atoms. The van der Waals surface area contributed by atoms with Gasteiger partial charge in [0.2, 0.25) is 0 Å². The van der Waals surface area contributed by atoms with Gasteiger partial charge in [0.1, 0.15) is 5.82 Å². The molecular formula is C20H21N3O. The maximum absolute atomic E-state index is 12.7. The van der Waals surface area contributed by atoms with E-state index in [0.29, 0.717) is 5.92 Å². The second-order valence-corrected chi connectivity index (χ2v) is 6.47. The van der Waals surface area contributed by atoms with Crippen LogP contribution in [0.2, 0.25) is 0 Å². The van der Waals surface area contributed by atoms with Gasteiger partial charge in [-0.15, -0.1) is 0 Å². The predicted octanol–water partition coefficient (Wildman–Crippen LogP) is 3.59. The summed E-state index contributed by atoms with van der Waals surface area (Å²) in [6.07, 6.45) is 2.10. The average Bonchev–Trinajstić information content (AvgIpc) is 2.99. The summed E-state index contributed by atoms with van der Waals surface area (Å²) >= 11 is 0. The lowest BCUT2D eigenvalue weighted by Crippen LogP contribution is -2.39. The lowest BCUT2D eigenvalue weighted by molar-refractivity contribution is 0.0704. The van der Waals surface area contributed by atoms with Crippen molar-refractivity contribution in [2.45, 2.75) is 18.8 Å². The summed E-state index contributed by atoms with van der Waals surface area (Å²) in [5, 5.41) is 0. The van der Waals surface area contributed by atoms with Crippen LogP contribution in [0.5, 0.6) is 0 Å². The van der Waals surface area contributed by atoms with E-state index in [4.69, 9.17) is 4.98 Å². The number of piperidine rings is 1. The van der Waals surface area contributed by atoms with Crippen LogP contribution in [0.1, 0.15) is 34.9 Å². The summed E-state index contributed by atoms with van der Waals surface area (Å²) in [7, 11) is 2.07. The Morgan fingerprint density at radius 3 is 2.62 bits per heavy atom. The van der Waals surface area contributed by atoms with E-state index in [2.05, 4.69) is 23.7 Å². The van der Waals surface area contributed by atoms with E-state index in [1.807, 2.05) is 47.4 Å². The van der Waals surface area contributed by atoms with Crippen molar-refractivity contribution >= 4 is 16.9 Å². The van der Waals surface area contributed by atoms with Crippen molar-refractivity contribution in [1.82, 2.24) is 14.5 Å². The number of hydrogen-bond donors (Lipinski definition) is 0. The predicted molar refractivity (Wildman–Crippen MR) is 95.0 cm³/mol. The van der Waals surface area contributed by atoms with Crippen LogP contribution in [0, 0.1) is 0 Å². The number of amides is 1. The Labute approximate surface area is 141 Å². The van der Waals surface area contributed by atoms with Gasteiger partial charge in [-0.25, -0.2) is 4.98 Å². The summed E-state index contributed by atoms with van der Waals surface area (Å²) in [6, 6.07) is 17.8. The molecule has 4 rings (SSSR count). The molecule has 1 unspecified atom stereocenters. The van der Waals surface area contributed by atoms with Crippen LogP contribution in [0.3, 0.4) is 0 Å². The van der Waals surface area contributed by atoms with Crippen molar-refractivity contribution in [2.75, 3.05) is 13.1 Å². The topological polar surface area (TPSA) is 38.1 Å². The second kappa shape index (κ2) is 6.11. The van der Waals surface area contributed by atoms with Gasteiger partial charge in [-0.3, -0.25) is 4.79 Å². The Kier molecular flexibility index (Phi) is 3.81. The normalized spacial score (nSPS) is 18.0. The van der Waals surface area contributed by atoms with Crippen molar-refractivity contribution < 1.29 is 4.79 Å². The van der Waals surface area contributed by atoms with E-state index in [1.165, 1.54) is 0 Å². The minimum atomic E-state index is 0.124. The maximum atomic E-state index is 12.7. The molecule has 4 heteroatoms. The fourth-order valence-electron chi connectivity index (χ4n) is 3.66. The smallest absolute Gasteiger partial charge is 0.253 e. The number of aryl methyl sites for hydroxylation is 1. The van der Waals surface area contributed by atoms with Crippen molar-refractivity contribution in [3.05, 3.63) is 66.0 Å². The Morgan fingerprint density at radius 2 is 1.83 bits per heavy atom. The van der Waals surface area contributed by atoms with Gasteiger partial charge in [0, 0.05) is 31.6 Å². The summed E-state index contributed by atoms with van der Waals surface area (Å²) in [5.74, 6) is 1.50. The molecule has 1 aliphatic rings. The molecule has 0 radical (unpaired) electrons. The largest absolute Gasteiger partial charge is 0.338 e. The molecule has 1 amide bonds. The molecular weight excluding hydrogens is 298 g/mol. The van der Waals surface area contributed by atoms with E-state index in [1.54, 1.807) is 0 Å². The number of benzene rings is 2. The molecule has 0 N–H and O–H groups in total. The zero-order chi connectivity index (χ0) is 16.5. The Balaban J connectivity index is 1.60. The minimum Gasteiger partial charge on any atom is -0.338 e. The Morgan fingerprint density at radius 1 is 1.08 bits per heavy atom. The van der Waals surface area contributed by atoms with Crippen LogP contribution in [0.4, 0.5) is 0 Å². The van der Waals surface area contributed by atoms with Crippen molar-refractivity contribution in [1.29, 1.82) is 0 Å². The third kappa shape index (κ3) is 2.58. The van der Waals surface area contributed by atoms with Gasteiger partial charge in [-0.1, -0.05) is 30.3 Å². The van der Waals surface area contributed by atoms with Crippen LogP contribution in [-0.2, 0) is 7.05 Å². The molecule has 1 saturated heterocycles. The lowest BCUT2D eigenvalue weighted by Gasteiger charge is -2.32. The number of nitrogens with zero attached hydrogens (tertiary/aromatic N) is 3. The van der Waals surface area contributed by atoms with Gasteiger partial charge >= 0.3 is 0 Å². The number of aromatic nitrogens is 2. The van der Waals surface area contributed by atoms with E-state index >= 15 is 0 Å². The monoisotopic (exact) mass is 319 g/mol. The Bertz CT molecular complexity index is 869. The summed E-state index contributed by atoms with van der Waals surface area (Å²) in [5.41, 5.74) is 2.95. The molecule has 4 nitrogen and oxygen atoms in total. The molecule has 1 atom stereocenters. The van der Waals surface area contributed by atoms with E-state index in [-0.39, 0.29) is 5.91 Å². The van der Waals surface area contributed by atoms with Crippen LogP contribution in [0.15, 0.2) is 54.6 Å². The molecule has 2 aromatic carbocycles. The van der Waals surface area contributed by atoms with Crippen molar-refractivity contribution in [3.63, 3.8) is 0 Å². The van der Waals surface area contributed by atoms with Gasteiger partial charge in [0.25, 0.3) is 5.91 Å². The first-order chi connectivity index (χ1) is 11.7. The number of rotatable bonds is 2. The van der Waals surface area contributed by atoms with Crippen LogP contribution >= 0.6 is 0 Å². The number of fused-ring (bicyclic) bond motifs is 1. The summed E-state index contributed by atoms with van der Waals surface area (Å²) < 4.78 is 2.18. The molecule has 0 saturated carbocycles.